The number of ether oxygens (including phenoxy) is 1. The molecule has 7 heteroatoms. The van der Waals surface area contributed by atoms with Crippen LogP contribution in [0.3, 0.4) is 0 Å². The molecule has 1 rings (SSSR count). The normalized spacial score (nSPS) is 11.8. The standard InChI is InChI=1S/C9H12F3N3O/c1-7-14-3-2-8(15-7)6-13-4-5-16-9(10,11)12/h2-3,13H,4-6H2,1H3. The molecule has 0 saturated carbocycles. The van der Waals surface area contributed by atoms with E-state index in [-0.39, 0.29) is 6.54 Å². The van der Waals surface area contributed by atoms with Crippen LogP contribution in [0, 0.1) is 6.92 Å². The van der Waals surface area contributed by atoms with E-state index in [1.54, 1.807) is 19.2 Å². The minimum atomic E-state index is -4.56. The average molecular weight is 235 g/mol. The van der Waals surface area contributed by atoms with Crippen molar-refractivity contribution in [1.82, 2.24) is 15.3 Å². The summed E-state index contributed by atoms with van der Waals surface area (Å²) in [7, 11) is 0. The zero-order valence-corrected chi connectivity index (χ0v) is 8.71. The Hall–Kier alpha value is -1.21. The first kappa shape index (κ1) is 12.9. The van der Waals surface area contributed by atoms with Gasteiger partial charge in [-0.1, -0.05) is 0 Å². The Labute approximate surface area is 90.9 Å². The maximum absolute atomic E-state index is 11.6. The molecule has 0 fully saturated rings. The molecule has 0 radical (unpaired) electrons. The Morgan fingerprint density at radius 3 is 2.81 bits per heavy atom. The van der Waals surface area contributed by atoms with Gasteiger partial charge < -0.3 is 5.32 Å². The summed E-state index contributed by atoms with van der Waals surface area (Å²) in [6, 6.07) is 1.70. The molecule has 0 aliphatic heterocycles. The topological polar surface area (TPSA) is 47.0 Å². The van der Waals surface area contributed by atoms with Crippen molar-refractivity contribution in [2.75, 3.05) is 13.2 Å². The second-order valence-corrected chi connectivity index (χ2v) is 3.07. The van der Waals surface area contributed by atoms with E-state index in [0.717, 1.165) is 5.69 Å². The summed E-state index contributed by atoms with van der Waals surface area (Å²) in [5.74, 6) is 0.630. The van der Waals surface area contributed by atoms with Crippen molar-refractivity contribution < 1.29 is 17.9 Å². The molecule has 0 atom stereocenters. The van der Waals surface area contributed by atoms with Gasteiger partial charge in [-0.3, -0.25) is 4.74 Å². The molecular formula is C9H12F3N3O. The van der Waals surface area contributed by atoms with Gasteiger partial charge in [0, 0.05) is 19.3 Å². The van der Waals surface area contributed by atoms with Crippen LogP contribution in [0.4, 0.5) is 13.2 Å². The lowest BCUT2D eigenvalue weighted by Gasteiger charge is -2.08. The van der Waals surface area contributed by atoms with Crippen LogP contribution in [0.25, 0.3) is 0 Å². The van der Waals surface area contributed by atoms with Crippen molar-refractivity contribution in [2.45, 2.75) is 19.8 Å². The first-order chi connectivity index (χ1) is 7.47. The molecule has 90 valence electrons. The Kier molecular flexibility index (Phi) is 4.63. The number of halogens is 3. The van der Waals surface area contributed by atoms with Crippen molar-refractivity contribution in [2.24, 2.45) is 0 Å². The van der Waals surface area contributed by atoms with E-state index >= 15 is 0 Å². The van der Waals surface area contributed by atoms with Gasteiger partial charge in [0.2, 0.25) is 0 Å². The van der Waals surface area contributed by atoms with Gasteiger partial charge in [0.25, 0.3) is 0 Å². The van der Waals surface area contributed by atoms with Gasteiger partial charge >= 0.3 is 6.36 Å². The fourth-order valence-corrected chi connectivity index (χ4v) is 1.06. The van der Waals surface area contributed by atoms with E-state index in [1.165, 1.54) is 0 Å². The summed E-state index contributed by atoms with van der Waals surface area (Å²) in [6.07, 6.45) is -2.96. The lowest BCUT2D eigenvalue weighted by molar-refractivity contribution is -0.323. The zero-order valence-electron chi connectivity index (χ0n) is 8.71. The Morgan fingerprint density at radius 2 is 2.19 bits per heavy atom. The fraction of sp³-hybridized carbons (Fsp3) is 0.556. The molecule has 16 heavy (non-hydrogen) atoms. The van der Waals surface area contributed by atoms with Crippen LogP contribution < -0.4 is 5.32 Å². The predicted molar refractivity (Wildman–Crippen MR) is 50.5 cm³/mol. The van der Waals surface area contributed by atoms with Crippen LogP contribution in [0.2, 0.25) is 0 Å². The van der Waals surface area contributed by atoms with E-state index in [9.17, 15) is 13.2 Å². The van der Waals surface area contributed by atoms with E-state index in [1.807, 2.05) is 0 Å². The highest BCUT2D eigenvalue weighted by atomic mass is 19.4. The summed E-state index contributed by atoms with van der Waals surface area (Å²) >= 11 is 0. The molecule has 1 N–H and O–H groups in total. The molecule has 1 aromatic rings. The van der Waals surface area contributed by atoms with Crippen LogP contribution in [-0.4, -0.2) is 29.5 Å². The Balaban J connectivity index is 2.17. The Morgan fingerprint density at radius 1 is 1.44 bits per heavy atom. The van der Waals surface area contributed by atoms with Crippen LogP contribution in [-0.2, 0) is 11.3 Å². The van der Waals surface area contributed by atoms with E-state index in [2.05, 4.69) is 20.0 Å². The van der Waals surface area contributed by atoms with Crippen molar-refractivity contribution in [3.05, 3.63) is 23.8 Å². The number of hydrogen-bond acceptors (Lipinski definition) is 4. The molecule has 4 nitrogen and oxygen atoms in total. The summed E-state index contributed by atoms with van der Waals surface area (Å²) < 4.78 is 38.4. The molecule has 0 aliphatic carbocycles. The third kappa shape index (κ3) is 5.62. The molecule has 0 bridgehead atoms. The number of nitrogens with one attached hydrogen (secondary N) is 1. The highest BCUT2D eigenvalue weighted by Gasteiger charge is 2.28. The summed E-state index contributed by atoms with van der Waals surface area (Å²) in [6.45, 7) is 1.84. The third-order valence-corrected chi connectivity index (χ3v) is 1.68. The number of hydrogen-bond donors (Lipinski definition) is 1. The van der Waals surface area contributed by atoms with Gasteiger partial charge in [-0.05, 0) is 13.0 Å². The smallest absolute Gasteiger partial charge is 0.309 e. The van der Waals surface area contributed by atoms with E-state index in [4.69, 9.17) is 0 Å². The minimum Gasteiger partial charge on any atom is -0.309 e. The monoisotopic (exact) mass is 235 g/mol. The third-order valence-electron chi connectivity index (χ3n) is 1.68. The van der Waals surface area contributed by atoms with Crippen LogP contribution >= 0.6 is 0 Å². The number of aryl methyl sites for hydroxylation is 1. The fourth-order valence-electron chi connectivity index (χ4n) is 1.06. The predicted octanol–water partition coefficient (Wildman–Crippen LogP) is 1.41. The molecular weight excluding hydrogens is 223 g/mol. The molecule has 0 spiro atoms. The lowest BCUT2D eigenvalue weighted by atomic mass is 10.4. The Bertz CT molecular complexity index is 330. The van der Waals surface area contributed by atoms with Gasteiger partial charge in [0.05, 0.1) is 12.3 Å². The molecule has 0 unspecified atom stereocenters. The summed E-state index contributed by atoms with van der Waals surface area (Å²) in [5, 5.41) is 2.79. The van der Waals surface area contributed by atoms with Crippen molar-refractivity contribution in [3.8, 4) is 0 Å². The van der Waals surface area contributed by atoms with E-state index < -0.39 is 13.0 Å². The van der Waals surface area contributed by atoms with E-state index in [0.29, 0.717) is 12.4 Å². The second kappa shape index (κ2) is 5.76. The number of alkyl halides is 3. The molecule has 1 heterocycles. The van der Waals surface area contributed by atoms with Crippen LogP contribution in [0.15, 0.2) is 12.3 Å². The van der Waals surface area contributed by atoms with Crippen molar-refractivity contribution >= 4 is 0 Å². The van der Waals surface area contributed by atoms with Gasteiger partial charge in [-0.15, -0.1) is 13.2 Å². The van der Waals surface area contributed by atoms with Gasteiger partial charge in [-0.2, -0.15) is 0 Å². The quantitative estimate of drug-likeness (QED) is 0.784. The second-order valence-electron chi connectivity index (χ2n) is 3.07. The first-order valence-electron chi connectivity index (χ1n) is 4.67. The van der Waals surface area contributed by atoms with Crippen LogP contribution in [0.1, 0.15) is 11.5 Å². The molecule has 0 saturated heterocycles. The lowest BCUT2D eigenvalue weighted by Crippen LogP contribution is -2.24. The van der Waals surface area contributed by atoms with Gasteiger partial charge in [-0.25, -0.2) is 9.97 Å². The number of rotatable bonds is 5. The minimum absolute atomic E-state index is 0.114. The molecule has 0 aliphatic rings. The zero-order chi connectivity index (χ0) is 12.0. The summed E-state index contributed by atoms with van der Waals surface area (Å²) in [5.41, 5.74) is 0.736. The first-order valence-corrected chi connectivity index (χ1v) is 4.67. The van der Waals surface area contributed by atoms with Gasteiger partial charge in [0.1, 0.15) is 5.82 Å². The number of aromatic nitrogens is 2. The van der Waals surface area contributed by atoms with Crippen molar-refractivity contribution in [3.63, 3.8) is 0 Å². The van der Waals surface area contributed by atoms with Crippen LogP contribution in [0.5, 0.6) is 0 Å². The maximum Gasteiger partial charge on any atom is 0.522 e. The summed E-state index contributed by atoms with van der Waals surface area (Å²) in [4.78, 5) is 7.99. The molecule has 1 aromatic heterocycles. The number of nitrogens with zero attached hydrogens (tertiary/aromatic N) is 2. The highest BCUT2D eigenvalue weighted by molar-refractivity contribution is 5.00. The maximum atomic E-state index is 11.6. The molecule has 0 amide bonds. The molecule has 0 aromatic carbocycles. The largest absolute Gasteiger partial charge is 0.522 e. The highest BCUT2D eigenvalue weighted by Crippen LogP contribution is 2.15. The van der Waals surface area contributed by atoms with Gasteiger partial charge in [0.15, 0.2) is 0 Å². The van der Waals surface area contributed by atoms with Crippen molar-refractivity contribution in [1.29, 1.82) is 0 Å². The average Bonchev–Trinajstić information content (AvgIpc) is 2.15. The SMILES string of the molecule is Cc1nccc(CNCCOC(F)(F)F)n1.